The van der Waals surface area contributed by atoms with Gasteiger partial charge in [-0.3, -0.25) is 4.79 Å². The second-order valence-corrected chi connectivity index (χ2v) is 5.40. The molecule has 0 aliphatic carbocycles. The second kappa shape index (κ2) is 23.4. The molecule has 26 heavy (non-hydrogen) atoms. The van der Waals surface area contributed by atoms with Gasteiger partial charge in [0.1, 0.15) is 5.78 Å². The van der Waals surface area contributed by atoms with E-state index in [0.717, 1.165) is 0 Å². The molecule has 0 aromatic heterocycles. The Labute approximate surface area is 164 Å². The van der Waals surface area contributed by atoms with Crippen LogP contribution in [0.1, 0.15) is 93.1 Å². The van der Waals surface area contributed by atoms with Crippen LogP contribution in [0.2, 0.25) is 0 Å². The Morgan fingerprint density at radius 3 is 1.54 bits per heavy atom. The van der Waals surface area contributed by atoms with E-state index in [2.05, 4.69) is 63.2 Å². The quantitative estimate of drug-likeness (QED) is 0.532. The van der Waals surface area contributed by atoms with Gasteiger partial charge in [-0.15, -0.1) is 0 Å². The van der Waals surface area contributed by atoms with Gasteiger partial charge < -0.3 is 0 Å². The van der Waals surface area contributed by atoms with E-state index >= 15 is 0 Å². The number of rotatable bonds is 4. The van der Waals surface area contributed by atoms with Crippen LogP contribution in [-0.4, -0.2) is 5.78 Å². The third kappa shape index (κ3) is 15.9. The van der Waals surface area contributed by atoms with E-state index in [1.54, 1.807) is 0 Å². The molecule has 0 aliphatic rings. The van der Waals surface area contributed by atoms with E-state index < -0.39 is 0 Å². The number of carbonyl (C=O) groups excluding carboxylic acids is 1. The van der Waals surface area contributed by atoms with Crippen molar-refractivity contribution in [1.29, 1.82) is 0 Å². The lowest BCUT2D eigenvalue weighted by Gasteiger charge is -1.98. The average molecular weight is 361 g/mol. The molecule has 1 nitrogen and oxygen atoms in total. The van der Waals surface area contributed by atoms with Gasteiger partial charge in [0.15, 0.2) is 0 Å². The highest BCUT2D eigenvalue weighted by molar-refractivity contribution is 5.85. The van der Waals surface area contributed by atoms with E-state index in [9.17, 15) is 4.79 Å². The molecular formula is C25H44O. The fourth-order valence-corrected chi connectivity index (χ4v) is 1.99. The molecule has 0 bridgehead atoms. The van der Waals surface area contributed by atoms with E-state index in [1.165, 1.54) is 35.6 Å². The van der Waals surface area contributed by atoms with E-state index in [1.807, 2.05) is 41.5 Å². The number of carbonyl (C=O) groups is 1. The molecule has 2 aromatic carbocycles. The first kappa shape index (κ1) is 29.1. The molecule has 0 radical (unpaired) electrons. The summed E-state index contributed by atoms with van der Waals surface area (Å²) in [7, 11) is 0. The van der Waals surface area contributed by atoms with Crippen LogP contribution in [0.15, 0.2) is 42.5 Å². The average Bonchev–Trinajstić information content (AvgIpc) is 2.72. The van der Waals surface area contributed by atoms with Crippen molar-refractivity contribution in [2.24, 2.45) is 0 Å². The smallest absolute Gasteiger partial charge is 0.132 e. The van der Waals surface area contributed by atoms with Crippen LogP contribution in [0, 0.1) is 6.92 Å². The van der Waals surface area contributed by atoms with Gasteiger partial charge in [0.2, 0.25) is 0 Å². The van der Waals surface area contributed by atoms with Crippen molar-refractivity contribution in [3.8, 4) is 0 Å². The molecule has 0 atom stereocenters. The lowest BCUT2D eigenvalue weighted by molar-refractivity contribution is -0.118. The minimum Gasteiger partial charge on any atom is -0.300 e. The Balaban J connectivity index is -0.000000304. The fraction of sp³-hybridized carbons (Fsp3) is 0.560. The molecule has 0 spiro atoms. The Kier molecular flexibility index (Phi) is 26.2. The van der Waals surface area contributed by atoms with Crippen LogP contribution in [0.25, 0.3) is 10.8 Å². The minimum atomic E-state index is 0.343. The van der Waals surface area contributed by atoms with Crippen molar-refractivity contribution in [2.75, 3.05) is 0 Å². The Bertz CT molecular complexity index is 515. The number of aryl methyl sites for hydroxylation is 1. The highest BCUT2D eigenvalue weighted by Crippen LogP contribution is 2.16. The molecule has 0 amide bonds. The first-order valence-electron chi connectivity index (χ1n) is 10.6. The predicted octanol–water partition coefficient (Wildman–Crippen LogP) is 8.77. The van der Waals surface area contributed by atoms with Gasteiger partial charge in [0, 0.05) is 12.8 Å². The molecule has 150 valence electrons. The fourth-order valence-electron chi connectivity index (χ4n) is 1.99. The van der Waals surface area contributed by atoms with Gasteiger partial charge >= 0.3 is 0 Å². The maximum absolute atomic E-state index is 10.2. The highest BCUT2D eigenvalue weighted by atomic mass is 16.1. The molecule has 0 unspecified atom stereocenters. The Morgan fingerprint density at radius 1 is 0.731 bits per heavy atom. The Morgan fingerprint density at radius 2 is 1.19 bits per heavy atom. The van der Waals surface area contributed by atoms with Crippen LogP contribution in [0.4, 0.5) is 0 Å². The SMILES string of the molecule is CC.CC.CCC(=O)CC.CCCCC.Cc1cccc2ccccc12. The van der Waals surface area contributed by atoms with Crippen molar-refractivity contribution < 1.29 is 4.79 Å². The summed E-state index contributed by atoms with van der Waals surface area (Å²) >= 11 is 0. The number of unbranched alkanes of at least 4 members (excludes halogenated alkanes) is 2. The lowest BCUT2D eigenvalue weighted by atomic mass is 10.1. The van der Waals surface area contributed by atoms with Gasteiger partial charge in [-0.1, -0.05) is 117 Å². The van der Waals surface area contributed by atoms with Crippen molar-refractivity contribution in [3.63, 3.8) is 0 Å². The third-order valence-electron chi connectivity index (χ3n) is 3.50. The largest absolute Gasteiger partial charge is 0.300 e. The first-order valence-corrected chi connectivity index (χ1v) is 10.6. The molecule has 2 rings (SSSR count). The zero-order valence-electron chi connectivity index (χ0n) is 19.0. The van der Waals surface area contributed by atoms with Crippen LogP contribution in [0.3, 0.4) is 0 Å². The summed E-state index contributed by atoms with van der Waals surface area (Å²) < 4.78 is 0. The molecule has 0 N–H and O–H groups in total. The molecular weight excluding hydrogens is 316 g/mol. The number of hydrogen-bond donors (Lipinski definition) is 0. The van der Waals surface area contributed by atoms with Crippen LogP contribution in [-0.2, 0) is 4.79 Å². The van der Waals surface area contributed by atoms with Gasteiger partial charge in [-0.25, -0.2) is 0 Å². The molecule has 2 aromatic rings. The standard InChI is InChI=1S/C11H10.C5H10O.C5H12.2C2H6/c1-9-5-4-7-10-6-2-3-8-11(9)10;1-3-5(6)4-2;1-3-5-4-2;2*1-2/h2-8H,1H3;3-4H2,1-2H3;3-5H2,1-2H3;2*1-2H3. The number of hydrogen-bond acceptors (Lipinski definition) is 1. The van der Waals surface area contributed by atoms with Crippen LogP contribution >= 0.6 is 0 Å². The maximum atomic E-state index is 10.2. The summed E-state index contributed by atoms with van der Waals surface area (Å²) in [6, 6.07) is 14.8. The molecule has 0 fully saturated rings. The number of fused-ring (bicyclic) bond motifs is 1. The number of benzene rings is 2. The van der Waals surface area contributed by atoms with E-state index in [4.69, 9.17) is 0 Å². The van der Waals surface area contributed by atoms with Crippen LogP contribution < -0.4 is 0 Å². The molecule has 1 heteroatoms. The van der Waals surface area contributed by atoms with Gasteiger partial charge in [-0.2, -0.15) is 0 Å². The van der Waals surface area contributed by atoms with E-state index in [-0.39, 0.29) is 0 Å². The maximum Gasteiger partial charge on any atom is 0.132 e. The summed E-state index contributed by atoms with van der Waals surface area (Å²) in [6.07, 6.45) is 5.46. The van der Waals surface area contributed by atoms with Crippen molar-refractivity contribution >= 4 is 16.6 Å². The first-order chi connectivity index (χ1) is 12.6. The predicted molar refractivity (Wildman–Crippen MR) is 122 cm³/mol. The lowest BCUT2D eigenvalue weighted by Crippen LogP contribution is -1.88. The zero-order valence-corrected chi connectivity index (χ0v) is 19.0. The normalized spacial score (nSPS) is 8.35. The summed E-state index contributed by atoms with van der Waals surface area (Å²) in [5.41, 5.74) is 1.35. The Hall–Kier alpha value is -1.63. The third-order valence-corrected chi connectivity index (χ3v) is 3.50. The van der Waals surface area contributed by atoms with E-state index in [0.29, 0.717) is 18.6 Å². The molecule has 0 saturated carbocycles. The van der Waals surface area contributed by atoms with Gasteiger partial charge in [0.05, 0.1) is 0 Å². The molecule has 0 saturated heterocycles. The molecule has 0 heterocycles. The van der Waals surface area contributed by atoms with Gasteiger partial charge in [-0.05, 0) is 23.3 Å². The van der Waals surface area contributed by atoms with Gasteiger partial charge in [0.25, 0.3) is 0 Å². The monoisotopic (exact) mass is 360 g/mol. The van der Waals surface area contributed by atoms with Crippen molar-refractivity contribution in [1.82, 2.24) is 0 Å². The van der Waals surface area contributed by atoms with Crippen molar-refractivity contribution in [3.05, 3.63) is 48.0 Å². The van der Waals surface area contributed by atoms with Crippen molar-refractivity contribution in [2.45, 2.75) is 94.4 Å². The number of Topliss-reactive ketones (excluding diaryl/α,β-unsaturated/α-hetero) is 1. The number of ketones is 1. The summed E-state index contributed by atoms with van der Waals surface area (Å²) in [5, 5.41) is 2.68. The summed E-state index contributed by atoms with van der Waals surface area (Å²) in [5.74, 6) is 0.343. The zero-order chi connectivity index (χ0) is 20.8. The second-order valence-electron chi connectivity index (χ2n) is 5.40. The highest BCUT2D eigenvalue weighted by Gasteiger charge is 1.92. The summed E-state index contributed by atoms with van der Waals surface area (Å²) in [4.78, 5) is 10.2. The minimum absolute atomic E-state index is 0.343. The summed E-state index contributed by atoms with van der Waals surface area (Å²) in [6.45, 7) is 18.3. The van der Waals surface area contributed by atoms with Crippen LogP contribution in [0.5, 0.6) is 0 Å². The topological polar surface area (TPSA) is 17.1 Å². The molecule has 0 aliphatic heterocycles.